The molecule has 0 bridgehead atoms. The van der Waals surface area contributed by atoms with Gasteiger partial charge in [-0.25, -0.2) is 0 Å². The second-order valence-corrected chi connectivity index (χ2v) is 4.30. The van der Waals surface area contributed by atoms with Crippen molar-refractivity contribution in [1.82, 2.24) is 0 Å². The zero-order valence-corrected chi connectivity index (χ0v) is 11.4. The number of rotatable bonds is 7. The van der Waals surface area contributed by atoms with E-state index in [9.17, 15) is 9.59 Å². The van der Waals surface area contributed by atoms with Crippen molar-refractivity contribution in [1.29, 1.82) is 0 Å². The Morgan fingerprint density at radius 1 is 1.37 bits per heavy atom. The Kier molecular flexibility index (Phi) is 6.50. The normalized spacial score (nSPS) is 10.6. The Balaban J connectivity index is 2.40. The van der Waals surface area contributed by atoms with Crippen LogP contribution in [0.4, 0.5) is 5.69 Å². The summed E-state index contributed by atoms with van der Waals surface area (Å²) in [6, 6.07) is 5.43. The first-order chi connectivity index (χ1) is 9.17. The van der Waals surface area contributed by atoms with Gasteiger partial charge in [0.15, 0.2) is 0 Å². The summed E-state index contributed by atoms with van der Waals surface area (Å²) in [7, 11) is 1.40. The van der Waals surface area contributed by atoms with Crippen LogP contribution >= 0.6 is 0 Å². The van der Waals surface area contributed by atoms with Crippen molar-refractivity contribution in [2.45, 2.75) is 32.6 Å². The molecule has 0 spiro atoms. The minimum absolute atomic E-state index is 0.175. The number of esters is 1. The first kappa shape index (κ1) is 15.1. The lowest BCUT2D eigenvalue weighted by molar-refractivity contribution is -0.140. The van der Waals surface area contributed by atoms with E-state index in [1.165, 1.54) is 7.11 Å². The lowest BCUT2D eigenvalue weighted by atomic mass is 10.1. The Morgan fingerprint density at radius 3 is 2.84 bits per heavy atom. The molecule has 0 atom stereocenters. The van der Waals surface area contributed by atoms with E-state index in [1.807, 2.05) is 19.2 Å². The Bertz CT molecular complexity index is 466. The van der Waals surface area contributed by atoms with E-state index in [1.54, 1.807) is 12.1 Å². The third-order valence-corrected chi connectivity index (χ3v) is 2.79. The van der Waals surface area contributed by atoms with Crippen molar-refractivity contribution in [2.24, 2.45) is 4.99 Å². The van der Waals surface area contributed by atoms with Crippen LogP contribution < -0.4 is 0 Å². The van der Waals surface area contributed by atoms with Crippen molar-refractivity contribution in [3.8, 4) is 0 Å². The Morgan fingerprint density at radius 2 is 2.16 bits per heavy atom. The van der Waals surface area contributed by atoms with Gasteiger partial charge in [0.2, 0.25) is 0 Å². The number of hydrogen-bond acceptors (Lipinski definition) is 4. The fourth-order valence-electron chi connectivity index (χ4n) is 1.61. The van der Waals surface area contributed by atoms with E-state index in [4.69, 9.17) is 0 Å². The summed E-state index contributed by atoms with van der Waals surface area (Å²) < 4.78 is 4.56. The Hall–Kier alpha value is -1.97. The number of unbranched alkanes of at least 4 members (excludes halogenated alkanes) is 2. The average molecular weight is 261 g/mol. The van der Waals surface area contributed by atoms with Crippen LogP contribution in [-0.4, -0.2) is 25.6 Å². The number of carbonyl (C=O) groups is 2. The van der Waals surface area contributed by atoms with Crippen LogP contribution in [0.5, 0.6) is 0 Å². The lowest BCUT2D eigenvalue weighted by Gasteiger charge is -2.01. The topological polar surface area (TPSA) is 55.7 Å². The maximum absolute atomic E-state index is 10.9. The molecule has 0 unspecified atom stereocenters. The second-order valence-electron chi connectivity index (χ2n) is 4.30. The minimum atomic E-state index is -0.175. The third-order valence-electron chi connectivity index (χ3n) is 2.79. The van der Waals surface area contributed by atoms with Gasteiger partial charge in [0.05, 0.1) is 12.8 Å². The molecule has 0 fully saturated rings. The summed E-state index contributed by atoms with van der Waals surface area (Å²) in [6.45, 7) is 1.96. The maximum atomic E-state index is 10.9. The predicted octanol–water partition coefficient (Wildman–Crippen LogP) is 3.24. The van der Waals surface area contributed by atoms with Gasteiger partial charge in [-0.15, -0.1) is 0 Å². The molecule has 1 aromatic carbocycles. The van der Waals surface area contributed by atoms with E-state index in [-0.39, 0.29) is 5.97 Å². The van der Waals surface area contributed by atoms with E-state index in [0.717, 1.165) is 36.8 Å². The van der Waals surface area contributed by atoms with Crippen LogP contribution in [0, 0.1) is 6.92 Å². The van der Waals surface area contributed by atoms with Crippen LogP contribution in [0.1, 0.15) is 41.6 Å². The largest absolute Gasteiger partial charge is 0.469 e. The van der Waals surface area contributed by atoms with Crippen LogP contribution in [0.25, 0.3) is 0 Å². The standard InChI is InChI=1S/C15H19NO3/c1-12-7-8-13(11-17)10-14(12)16-9-5-3-4-6-15(18)19-2/h7-11H,3-6H2,1-2H3/b16-9+. The number of nitrogens with zero attached hydrogens (tertiary/aromatic N) is 1. The number of aryl methyl sites for hydroxylation is 1. The van der Waals surface area contributed by atoms with Crippen LogP contribution in [0.2, 0.25) is 0 Å². The van der Waals surface area contributed by atoms with Crippen molar-refractivity contribution in [2.75, 3.05) is 7.11 Å². The molecule has 1 aromatic rings. The maximum Gasteiger partial charge on any atom is 0.305 e. The van der Waals surface area contributed by atoms with Gasteiger partial charge >= 0.3 is 5.97 Å². The van der Waals surface area contributed by atoms with Crippen molar-refractivity contribution in [3.63, 3.8) is 0 Å². The molecule has 0 amide bonds. The molecule has 0 aliphatic rings. The molecule has 1 rings (SSSR count). The number of aldehydes is 1. The molecule has 0 radical (unpaired) electrons. The number of carbonyl (C=O) groups excluding carboxylic acids is 2. The fraction of sp³-hybridized carbons (Fsp3) is 0.400. The number of methoxy groups -OCH3 is 1. The predicted molar refractivity (Wildman–Crippen MR) is 75.2 cm³/mol. The second kappa shape index (κ2) is 8.19. The number of benzene rings is 1. The molecule has 0 aliphatic heterocycles. The highest BCUT2D eigenvalue weighted by Crippen LogP contribution is 2.19. The van der Waals surface area contributed by atoms with Gasteiger partial charge in [-0.2, -0.15) is 0 Å². The molecular formula is C15H19NO3. The quantitative estimate of drug-likeness (QED) is 0.327. The average Bonchev–Trinajstić information content (AvgIpc) is 2.44. The monoisotopic (exact) mass is 261 g/mol. The molecule has 0 heterocycles. The first-order valence-electron chi connectivity index (χ1n) is 6.32. The first-order valence-corrected chi connectivity index (χ1v) is 6.32. The van der Waals surface area contributed by atoms with Crippen molar-refractivity contribution >= 4 is 24.2 Å². The Labute approximate surface area is 113 Å². The lowest BCUT2D eigenvalue weighted by Crippen LogP contribution is -1.99. The van der Waals surface area contributed by atoms with Gasteiger partial charge in [0.25, 0.3) is 0 Å². The van der Waals surface area contributed by atoms with E-state index < -0.39 is 0 Å². The molecule has 19 heavy (non-hydrogen) atoms. The van der Waals surface area contributed by atoms with E-state index in [2.05, 4.69) is 9.73 Å². The van der Waals surface area contributed by atoms with Gasteiger partial charge in [-0.3, -0.25) is 14.6 Å². The molecule has 0 aliphatic carbocycles. The SMILES string of the molecule is COC(=O)CCCC/C=N/c1cc(C=O)ccc1C. The highest BCUT2D eigenvalue weighted by atomic mass is 16.5. The summed E-state index contributed by atoms with van der Waals surface area (Å²) >= 11 is 0. The van der Waals surface area contributed by atoms with Gasteiger partial charge in [0.1, 0.15) is 6.29 Å². The van der Waals surface area contributed by atoms with Crippen LogP contribution in [0.3, 0.4) is 0 Å². The van der Waals surface area contributed by atoms with Crippen LogP contribution in [-0.2, 0) is 9.53 Å². The highest BCUT2D eigenvalue weighted by Gasteiger charge is 1.99. The number of hydrogen-bond donors (Lipinski definition) is 0. The van der Waals surface area contributed by atoms with Gasteiger partial charge in [-0.05, 0) is 37.8 Å². The minimum Gasteiger partial charge on any atom is -0.469 e. The van der Waals surface area contributed by atoms with Gasteiger partial charge in [0, 0.05) is 18.2 Å². The van der Waals surface area contributed by atoms with Crippen LogP contribution in [0.15, 0.2) is 23.2 Å². The van der Waals surface area contributed by atoms with Crippen molar-refractivity contribution < 1.29 is 14.3 Å². The summed E-state index contributed by atoms with van der Waals surface area (Å²) in [5.74, 6) is -0.175. The molecule has 0 saturated heterocycles. The molecule has 0 saturated carbocycles. The summed E-state index contributed by atoms with van der Waals surface area (Å²) in [6.07, 6.45) is 5.59. The van der Waals surface area contributed by atoms with Crippen molar-refractivity contribution in [3.05, 3.63) is 29.3 Å². The molecule has 4 nitrogen and oxygen atoms in total. The molecule has 102 valence electrons. The molecule has 0 aromatic heterocycles. The highest BCUT2D eigenvalue weighted by molar-refractivity contribution is 5.78. The van der Waals surface area contributed by atoms with Gasteiger partial charge in [-0.1, -0.05) is 12.1 Å². The zero-order valence-electron chi connectivity index (χ0n) is 11.4. The fourth-order valence-corrected chi connectivity index (χ4v) is 1.61. The summed E-state index contributed by atoms with van der Waals surface area (Å²) in [5.41, 5.74) is 2.48. The van der Waals surface area contributed by atoms with E-state index in [0.29, 0.717) is 12.0 Å². The smallest absolute Gasteiger partial charge is 0.305 e. The summed E-state index contributed by atoms with van der Waals surface area (Å²) in [4.78, 5) is 25.9. The third kappa shape index (κ3) is 5.46. The van der Waals surface area contributed by atoms with E-state index >= 15 is 0 Å². The molecular weight excluding hydrogens is 242 g/mol. The zero-order chi connectivity index (χ0) is 14.1. The molecule has 0 N–H and O–H groups in total. The number of ether oxygens (including phenoxy) is 1. The summed E-state index contributed by atoms with van der Waals surface area (Å²) in [5, 5.41) is 0. The molecule has 4 heteroatoms. The number of aliphatic imine (C=N–C) groups is 1. The van der Waals surface area contributed by atoms with Gasteiger partial charge < -0.3 is 4.74 Å².